The quantitative estimate of drug-likeness (QED) is 0.570. The van der Waals surface area contributed by atoms with E-state index in [1.54, 1.807) is 17.1 Å². The molecule has 0 aliphatic carbocycles. The summed E-state index contributed by atoms with van der Waals surface area (Å²) >= 11 is 0. The topological polar surface area (TPSA) is 58.4 Å². The lowest BCUT2D eigenvalue weighted by Gasteiger charge is -2.24. The molecule has 1 fully saturated rings. The molecule has 2 heterocycles. The predicted molar refractivity (Wildman–Crippen MR) is 130 cm³/mol. The van der Waals surface area contributed by atoms with Gasteiger partial charge in [0.25, 0.3) is 5.91 Å². The zero-order chi connectivity index (χ0) is 23.4. The minimum atomic E-state index is -0.290. The Morgan fingerprint density at radius 3 is 2.48 bits per heavy atom. The lowest BCUT2D eigenvalue weighted by atomic mass is 9.91. The van der Waals surface area contributed by atoms with Gasteiger partial charge >= 0.3 is 0 Å². The van der Waals surface area contributed by atoms with E-state index in [0.29, 0.717) is 38.2 Å². The largest absolute Gasteiger partial charge is 0.341 e. The second kappa shape index (κ2) is 10.0. The van der Waals surface area contributed by atoms with Crippen molar-refractivity contribution >= 4 is 11.8 Å². The molecule has 0 bridgehead atoms. The Labute approximate surface area is 195 Å². The molecule has 1 aliphatic heterocycles. The zero-order valence-electron chi connectivity index (χ0n) is 19.6. The molecular formula is C27H32N4O2. The highest BCUT2D eigenvalue weighted by Crippen LogP contribution is 2.27. The zero-order valence-corrected chi connectivity index (χ0v) is 19.6. The predicted octanol–water partition coefficient (Wildman–Crippen LogP) is 4.29. The maximum absolute atomic E-state index is 13.4. The van der Waals surface area contributed by atoms with Crippen molar-refractivity contribution in [3.63, 3.8) is 0 Å². The average Bonchev–Trinajstić information content (AvgIpc) is 3.28. The molecule has 6 heteroatoms. The summed E-state index contributed by atoms with van der Waals surface area (Å²) in [5, 5.41) is 4.32. The molecule has 1 aliphatic rings. The summed E-state index contributed by atoms with van der Waals surface area (Å²) in [6, 6.07) is 18.7. The maximum atomic E-state index is 13.4. The molecule has 4 rings (SSSR count). The standard InChI is InChI=1S/C27H32N4O2/c1-4-29-14-15-30(27(33)24-17-28-31(19-24)20(2)3)18-23(26(29)32)16-22-12-8-9-13-25(22)21-10-6-5-7-11-21/h5-13,17,19-20,23H,4,14-16,18H2,1-3H3/t23-/m1/s1. The van der Waals surface area contributed by atoms with Crippen molar-refractivity contribution in [2.45, 2.75) is 33.2 Å². The fraction of sp³-hybridized carbons (Fsp3) is 0.370. The third kappa shape index (κ3) is 5.00. The molecule has 0 spiro atoms. The number of carbonyl (C=O) groups is 2. The van der Waals surface area contributed by atoms with Crippen LogP contribution in [0.25, 0.3) is 11.1 Å². The fourth-order valence-corrected chi connectivity index (χ4v) is 4.47. The highest BCUT2D eigenvalue weighted by Gasteiger charge is 2.33. The van der Waals surface area contributed by atoms with Gasteiger partial charge in [-0.2, -0.15) is 5.10 Å². The summed E-state index contributed by atoms with van der Waals surface area (Å²) in [6.07, 6.45) is 4.03. The minimum absolute atomic E-state index is 0.0611. The van der Waals surface area contributed by atoms with E-state index >= 15 is 0 Å². The molecule has 1 saturated heterocycles. The molecular weight excluding hydrogens is 412 g/mol. The van der Waals surface area contributed by atoms with Gasteiger partial charge in [0, 0.05) is 38.4 Å². The van der Waals surface area contributed by atoms with Gasteiger partial charge < -0.3 is 9.80 Å². The van der Waals surface area contributed by atoms with Crippen molar-refractivity contribution in [3.8, 4) is 11.1 Å². The van der Waals surface area contributed by atoms with Crippen LogP contribution in [0.15, 0.2) is 67.0 Å². The molecule has 2 aromatic carbocycles. The Hall–Kier alpha value is -3.41. The summed E-state index contributed by atoms with van der Waals surface area (Å²) in [4.78, 5) is 30.4. The average molecular weight is 445 g/mol. The van der Waals surface area contributed by atoms with Crippen molar-refractivity contribution in [3.05, 3.63) is 78.1 Å². The van der Waals surface area contributed by atoms with Crippen molar-refractivity contribution in [2.75, 3.05) is 26.2 Å². The van der Waals surface area contributed by atoms with Gasteiger partial charge in [0.1, 0.15) is 0 Å². The SMILES string of the molecule is CCN1CCN(C(=O)c2cnn(C(C)C)c2)C[C@@H](Cc2ccccc2-c2ccccc2)C1=O. The molecule has 6 nitrogen and oxygen atoms in total. The number of nitrogens with zero attached hydrogens (tertiary/aromatic N) is 4. The first kappa shape index (κ1) is 22.8. The molecule has 0 saturated carbocycles. The summed E-state index contributed by atoms with van der Waals surface area (Å²) < 4.78 is 1.79. The first-order valence-corrected chi connectivity index (χ1v) is 11.7. The first-order chi connectivity index (χ1) is 16.0. The summed E-state index contributed by atoms with van der Waals surface area (Å²) in [6.45, 7) is 8.19. The Kier molecular flexibility index (Phi) is 6.92. The van der Waals surface area contributed by atoms with Gasteiger partial charge in [0.15, 0.2) is 0 Å². The highest BCUT2D eigenvalue weighted by atomic mass is 16.2. The minimum Gasteiger partial charge on any atom is -0.341 e. The number of amides is 2. The van der Waals surface area contributed by atoms with Crippen LogP contribution in [0.1, 0.15) is 42.7 Å². The number of rotatable bonds is 6. The van der Waals surface area contributed by atoms with Gasteiger partial charge in [-0.15, -0.1) is 0 Å². The third-order valence-corrected chi connectivity index (χ3v) is 6.36. The van der Waals surface area contributed by atoms with E-state index in [0.717, 1.165) is 16.7 Å². The van der Waals surface area contributed by atoms with Crippen LogP contribution in [-0.2, 0) is 11.2 Å². The number of likely N-dealkylation sites (N-methyl/N-ethyl adjacent to an activating group) is 1. The molecule has 0 radical (unpaired) electrons. The number of hydrogen-bond donors (Lipinski definition) is 0. The van der Waals surface area contributed by atoms with E-state index in [-0.39, 0.29) is 23.8 Å². The molecule has 0 N–H and O–H groups in total. The summed E-state index contributed by atoms with van der Waals surface area (Å²) in [7, 11) is 0. The molecule has 0 unspecified atom stereocenters. The van der Waals surface area contributed by atoms with Crippen molar-refractivity contribution in [2.24, 2.45) is 5.92 Å². The fourth-order valence-electron chi connectivity index (χ4n) is 4.47. The van der Waals surface area contributed by atoms with E-state index < -0.39 is 0 Å². The lowest BCUT2D eigenvalue weighted by molar-refractivity contribution is -0.134. The highest BCUT2D eigenvalue weighted by molar-refractivity contribution is 5.94. The van der Waals surface area contributed by atoms with E-state index in [1.165, 1.54) is 0 Å². The third-order valence-electron chi connectivity index (χ3n) is 6.36. The maximum Gasteiger partial charge on any atom is 0.257 e. The summed E-state index contributed by atoms with van der Waals surface area (Å²) in [5.74, 6) is -0.232. The van der Waals surface area contributed by atoms with Crippen LogP contribution in [-0.4, -0.2) is 57.6 Å². The van der Waals surface area contributed by atoms with Crippen LogP contribution in [0.3, 0.4) is 0 Å². The number of carbonyl (C=O) groups excluding carboxylic acids is 2. The molecule has 1 atom stereocenters. The second-order valence-corrected chi connectivity index (χ2v) is 8.90. The number of aromatic nitrogens is 2. The van der Waals surface area contributed by atoms with Gasteiger partial charge in [0.05, 0.1) is 17.7 Å². The number of benzene rings is 2. The van der Waals surface area contributed by atoms with Crippen LogP contribution in [0.4, 0.5) is 0 Å². The normalized spacial score (nSPS) is 16.8. The van der Waals surface area contributed by atoms with Gasteiger partial charge in [-0.3, -0.25) is 14.3 Å². The second-order valence-electron chi connectivity index (χ2n) is 8.90. The Balaban J connectivity index is 1.61. The van der Waals surface area contributed by atoms with E-state index in [4.69, 9.17) is 0 Å². The van der Waals surface area contributed by atoms with E-state index in [2.05, 4.69) is 29.4 Å². The van der Waals surface area contributed by atoms with Crippen LogP contribution in [0.2, 0.25) is 0 Å². The van der Waals surface area contributed by atoms with Gasteiger partial charge in [0.2, 0.25) is 5.91 Å². The van der Waals surface area contributed by atoms with Crippen LogP contribution in [0, 0.1) is 5.92 Å². The molecule has 33 heavy (non-hydrogen) atoms. The monoisotopic (exact) mass is 444 g/mol. The van der Waals surface area contributed by atoms with E-state index in [9.17, 15) is 9.59 Å². The van der Waals surface area contributed by atoms with Crippen molar-refractivity contribution in [1.29, 1.82) is 0 Å². The first-order valence-electron chi connectivity index (χ1n) is 11.7. The molecule has 172 valence electrons. The van der Waals surface area contributed by atoms with E-state index in [1.807, 2.05) is 60.9 Å². The van der Waals surface area contributed by atoms with Crippen LogP contribution >= 0.6 is 0 Å². The van der Waals surface area contributed by atoms with Gasteiger partial charge in [-0.25, -0.2) is 0 Å². The molecule has 1 aromatic heterocycles. The van der Waals surface area contributed by atoms with Crippen LogP contribution in [0.5, 0.6) is 0 Å². The molecule has 3 aromatic rings. The Morgan fingerprint density at radius 2 is 1.79 bits per heavy atom. The Morgan fingerprint density at radius 1 is 1.06 bits per heavy atom. The lowest BCUT2D eigenvalue weighted by Crippen LogP contribution is -2.38. The molecule has 2 amide bonds. The van der Waals surface area contributed by atoms with Crippen LogP contribution < -0.4 is 0 Å². The van der Waals surface area contributed by atoms with Crippen molar-refractivity contribution < 1.29 is 9.59 Å². The Bertz CT molecular complexity index is 1110. The van der Waals surface area contributed by atoms with Crippen molar-refractivity contribution in [1.82, 2.24) is 19.6 Å². The van der Waals surface area contributed by atoms with Gasteiger partial charge in [-0.1, -0.05) is 54.6 Å². The van der Waals surface area contributed by atoms with Gasteiger partial charge in [-0.05, 0) is 43.9 Å². The summed E-state index contributed by atoms with van der Waals surface area (Å²) in [5.41, 5.74) is 3.97. The smallest absolute Gasteiger partial charge is 0.257 e. The number of hydrogen-bond acceptors (Lipinski definition) is 3.